The first-order valence-electron chi connectivity index (χ1n) is 7.62. The summed E-state index contributed by atoms with van der Waals surface area (Å²) in [6.45, 7) is 1.71. The Morgan fingerprint density at radius 3 is 2.39 bits per heavy atom. The largest absolute Gasteiger partial charge is 0.460 e. The van der Waals surface area contributed by atoms with Gasteiger partial charge in [-0.2, -0.15) is 0 Å². The number of rotatable bonds is 7. The van der Waals surface area contributed by atoms with E-state index >= 15 is 0 Å². The third kappa shape index (κ3) is 4.89. The first kappa shape index (κ1) is 17.2. The Balaban J connectivity index is 1.92. The van der Waals surface area contributed by atoms with Crippen LogP contribution >= 0.6 is 0 Å². The van der Waals surface area contributed by atoms with Gasteiger partial charge in [-0.1, -0.05) is 48.5 Å². The number of hydrogen-bond donors (Lipinski definition) is 0. The van der Waals surface area contributed by atoms with Crippen LogP contribution in [0.5, 0.6) is 0 Å². The standard InChI is InChI=1S/C19H21FO3/c1-14(19(22-2)16-10-6-7-11-17(16)20)23-18(21)13-12-15-8-4-3-5-9-15/h3-11,14,19H,12-13H2,1-2H3/t14-,19+/m0/s1. The molecule has 2 atom stereocenters. The first-order valence-corrected chi connectivity index (χ1v) is 7.62. The smallest absolute Gasteiger partial charge is 0.306 e. The monoisotopic (exact) mass is 316 g/mol. The van der Waals surface area contributed by atoms with E-state index in [1.54, 1.807) is 25.1 Å². The van der Waals surface area contributed by atoms with Gasteiger partial charge in [0.1, 0.15) is 18.0 Å². The Kier molecular flexibility index (Phi) is 6.29. The highest BCUT2D eigenvalue weighted by Gasteiger charge is 2.24. The summed E-state index contributed by atoms with van der Waals surface area (Å²) >= 11 is 0. The number of methoxy groups -OCH3 is 1. The van der Waals surface area contributed by atoms with E-state index in [1.165, 1.54) is 13.2 Å². The molecule has 0 fully saturated rings. The molecule has 0 spiro atoms. The summed E-state index contributed by atoms with van der Waals surface area (Å²) in [5.41, 5.74) is 1.47. The summed E-state index contributed by atoms with van der Waals surface area (Å²) in [4.78, 5) is 12.0. The molecule has 2 aromatic carbocycles. The van der Waals surface area contributed by atoms with E-state index in [0.717, 1.165) is 5.56 Å². The fourth-order valence-corrected chi connectivity index (χ4v) is 2.50. The molecule has 4 heteroatoms. The number of hydrogen-bond acceptors (Lipinski definition) is 3. The molecular formula is C19H21FO3. The van der Waals surface area contributed by atoms with Crippen molar-refractivity contribution in [3.8, 4) is 0 Å². The number of carbonyl (C=O) groups excluding carboxylic acids is 1. The van der Waals surface area contributed by atoms with Crippen molar-refractivity contribution in [2.75, 3.05) is 7.11 Å². The van der Waals surface area contributed by atoms with Crippen LogP contribution < -0.4 is 0 Å². The van der Waals surface area contributed by atoms with Gasteiger partial charge in [-0.15, -0.1) is 0 Å². The minimum atomic E-state index is -0.628. The zero-order valence-corrected chi connectivity index (χ0v) is 13.4. The van der Waals surface area contributed by atoms with E-state index < -0.39 is 12.2 Å². The lowest BCUT2D eigenvalue weighted by Gasteiger charge is -2.23. The fraction of sp³-hybridized carbons (Fsp3) is 0.316. The molecule has 122 valence electrons. The Morgan fingerprint density at radius 1 is 1.09 bits per heavy atom. The summed E-state index contributed by atoms with van der Waals surface area (Å²) in [6, 6.07) is 16.1. The van der Waals surface area contributed by atoms with Crippen LogP contribution in [0.25, 0.3) is 0 Å². The van der Waals surface area contributed by atoms with Gasteiger partial charge in [0.15, 0.2) is 0 Å². The normalized spacial score (nSPS) is 13.3. The Morgan fingerprint density at radius 2 is 1.74 bits per heavy atom. The maximum absolute atomic E-state index is 13.9. The minimum absolute atomic E-state index is 0.280. The Bertz CT molecular complexity index is 628. The average Bonchev–Trinajstić information content (AvgIpc) is 2.56. The number of carbonyl (C=O) groups is 1. The summed E-state index contributed by atoms with van der Waals surface area (Å²) in [5, 5.41) is 0. The number of aryl methyl sites for hydroxylation is 1. The van der Waals surface area contributed by atoms with E-state index in [4.69, 9.17) is 9.47 Å². The second-order valence-corrected chi connectivity index (χ2v) is 5.36. The van der Waals surface area contributed by atoms with E-state index in [2.05, 4.69) is 0 Å². The van der Waals surface area contributed by atoms with E-state index in [-0.39, 0.29) is 18.2 Å². The molecule has 0 aliphatic heterocycles. The zero-order chi connectivity index (χ0) is 16.7. The van der Waals surface area contributed by atoms with Crippen LogP contribution in [0, 0.1) is 5.82 Å². The second-order valence-electron chi connectivity index (χ2n) is 5.36. The van der Waals surface area contributed by atoms with Gasteiger partial charge >= 0.3 is 5.97 Å². The van der Waals surface area contributed by atoms with Crippen LogP contribution in [0.3, 0.4) is 0 Å². The van der Waals surface area contributed by atoms with E-state index in [1.807, 2.05) is 30.3 Å². The lowest BCUT2D eigenvalue weighted by atomic mass is 10.0. The van der Waals surface area contributed by atoms with Crippen molar-refractivity contribution in [3.63, 3.8) is 0 Å². The molecule has 23 heavy (non-hydrogen) atoms. The van der Waals surface area contributed by atoms with Crippen LogP contribution in [0.1, 0.15) is 30.6 Å². The van der Waals surface area contributed by atoms with Crippen molar-refractivity contribution >= 4 is 5.97 Å². The number of ether oxygens (including phenoxy) is 2. The average molecular weight is 316 g/mol. The van der Waals surface area contributed by atoms with E-state index in [9.17, 15) is 9.18 Å². The fourth-order valence-electron chi connectivity index (χ4n) is 2.50. The molecule has 0 N–H and O–H groups in total. The van der Waals surface area contributed by atoms with Gasteiger partial charge in [0.05, 0.1) is 0 Å². The minimum Gasteiger partial charge on any atom is -0.460 e. The second kappa shape index (κ2) is 8.44. The molecule has 3 nitrogen and oxygen atoms in total. The Hall–Kier alpha value is -2.20. The zero-order valence-electron chi connectivity index (χ0n) is 13.4. The number of benzene rings is 2. The molecule has 0 saturated carbocycles. The third-order valence-corrected chi connectivity index (χ3v) is 3.67. The van der Waals surface area contributed by atoms with Crippen molar-refractivity contribution in [1.82, 2.24) is 0 Å². The SMILES string of the molecule is CO[C@@H](c1ccccc1F)[C@H](C)OC(=O)CCc1ccccc1. The van der Waals surface area contributed by atoms with Gasteiger partial charge in [-0.3, -0.25) is 4.79 Å². The maximum atomic E-state index is 13.9. The quantitative estimate of drug-likeness (QED) is 0.722. The highest BCUT2D eigenvalue weighted by molar-refractivity contribution is 5.70. The van der Waals surface area contributed by atoms with Crippen molar-refractivity contribution in [2.45, 2.75) is 32.0 Å². The molecule has 0 saturated heterocycles. The third-order valence-electron chi connectivity index (χ3n) is 3.67. The van der Waals surface area contributed by atoms with Crippen molar-refractivity contribution in [2.24, 2.45) is 0 Å². The molecule has 0 bridgehead atoms. The highest BCUT2D eigenvalue weighted by atomic mass is 19.1. The van der Waals surface area contributed by atoms with Crippen LogP contribution in [0.4, 0.5) is 4.39 Å². The molecule has 0 aromatic heterocycles. The van der Waals surface area contributed by atoms with Crippen molar-refractivity contribution in [3.05, 3.63) is 71.5 Å². The summed E-state index contributed by atoms with van der Waals surface area (Å²) in [5.74, 6) is -0.689. The summed E-state index contributed by atoms with van der Waals surface area (Å²) < 4.78 is 24.6. The maximum Gasteiger partial charge on any atom is 0.306 e. The lowest BCUT2D eigenvalue weighted by molar-refractivity contribution is -0.155. The van der Waals surface area contributed by atoms with Crippen LogP contribution in [-0.2, 0) is 20.7 Å². The molecule has 2 rings (SSSR count). The molecular weight excluding hydrogens is 295 g/mol. The summed E-state index contributed by atoms with van der Waals surface area (Å²) in [7, 11) is 1.48. The van der Waals surface area contributed by atoms with Gasteiger partial charge in [-0.25, -0.2) is 4.39 Å². The molecule has 2 aromatic rings. The van der Waals surface area contributed by atoms with Crippen LogP contribution in [0.2, 0.25) is 0 Å². The first-order chi connectivity index (χ1) is 11.1. The van der Waals surface area contributed by atoms with Gasteiger partial charge in [0.25, 0.3) is 0 Å². The molecule has 0 unspecified atom stereocenters. The lowest BCUT2D eigenvalue weighted by Crippen LogP contribution is -2.25. The van der Waals surface area contributed by atoms with E-state index in [0.29, 0.717) is 12.0 Å². The topological polar surface area (TPSA) is 35.5 Å². The Labute approximate surface area is 136 Å². The van der Waals surface area contributed by atoms with Gasteiger partial charge < -0.3 is 9.47 Å². The predicted octanol–water partition coefficient (Wildman–Crippen LogP) is 4.08. The van der Waals surface area contributed by atoms with Crippen molar-refractivity contribution < 1.29 is 18.7 Å². The predicted molar refractivity (Wildman–Crippen MR) is 86.5 cm³/mol. The summed E-state index contributed by atoms with van der Waals surface area (Å²) in [6.07, 6.45) is -0.303. The molecule has 0 amide bonds. The van der Waals surface area contributed by atoms with Crippen LogP contribution in [-0.4, -0.2) is 19.2 Å². The highest BCUT2D eigenvalue weighted by Crippen LogP contribution is 2.25. The van der Waals surface area contributed by atoms with Gasteiger partial charge in [0.2, 0.25) is 0 Å². The molecule has 0 heterocycles. The molecule has 0 aliphatic carbocycles. The molecule has 0 radical (unpaired) electrons. The van der Waals surface area contributed by atoms with Crippen molar-refractivity contribution in [1.29, 1.82) is 0 Å². The van der Waals surface area contributed by atoms with Crippen LogP contribution in [0.15, 0.2) is 54.6 Å². The number of esters is 1. The number of halogens is 1. The van der Waals surface area contributed by atoms with Gasteiger partial charge in [-0.05, 0) is 25.0 Å². The van der Waals surface area contributed by atoms with Gasteiger partial charge in [0, 0.05) is 19.1 Å². The molecule has 0 aliphatic rings.